The van der Waals surface area contributed by atoms with Gasteiger partial charge in [0.25, 0.3) is 11.5 Å². The fourth-order valence-electron chi connectivity index (χ4n) is 1.87. The number of nitrogens with one attached hydrogen (secondary N) is 2. The molecule has 6 nitrogen and oxygen atoms in total. The Morgan fingerprint density at radius 1 is 1.23 bits per heavy atom. The number of halogens is 1. The molecule has 1 heterocycles. The molecule has 0 saturated heterocycles. The predicted octanol–water partition coefficient (Wildman–Crippen LogP) is 2.38. The molecule has 0 aliphatic carbocycles. The molecule has 0 bridgehead atoms. The van der Waals surface area contributed by atoms with E-state index < -0.39 is 17.4 Å². The van der Waals surface area contributed by atoms with Crippen molar-refractivity contribution in [2.24, 2.45) is 0 Å². The summed E-state index contributed by atoms with van der Waals surface area (Å²) in [6.07, 6.45) is 0. The predicted molar refractivity (Wildman–Crippen MR) is 82.5 cm³/mol. The van der Waals surface area contributed by atoms with Crippen LogP contribution in [0.5, 0.6) is 0 Å². The van der Waals surface area contributed by atoms with Crippen LogP contribution in [0.2, 0.25) is 5.02 Å². The number of hydrogen-bond acceptors (Lipinski definition) is 4. The number of benzene rings is 1. The number of esters is 1. The summed E-state index contributed by atoms with van der Waals surface area (Å²) in [7, 11) is 1.22. The molecule has 1 aromatic carbocycles. The van der Waals surface area contributed by atoms with Crippen molar-refractivity contribution in [3.05, 3.63) is 62.5 Å². The maximum absolute atomic E-state index is 12.2. The van der Waals surface area contributed by atoms with Crippen LogP contribution in [0.4, 0.5) is 5.69 Å². The molecule has 0 atom stereocenters. The minimum atomic E-state index is -0.667. The van der Waals surface area contributed by atoms with Gasteiger partial charge in [-0.25, -0.2) is 4.79 Å². The molecule has 0 aliphatic rings. The highest BCUT2D eigenvalue weighted by molar-refractivity contribution is 6.33. The van der Waals surface area contributed by atoms with E-state index in [1.807, 2.05) is 0 Å². The van der Waals surface area contributed by atoms with Crippen LogP contribution in [-0.4, -0.2) is 24.0 Å². The Kier molecular flexibility index (Phi) is 4.62. The van der Waals surface area contributed by atoms with Gasteiger partial charge in [-0.1, -0.05) is 23.7 Å². The molecule has 1 aromatic heterocycles. The van der Waals surface area contributed by atoms with Gasteiger partial charge in [-0.3, -0.25) is 9.59 Å². The van der Waals surface area contributed by atoms with Crippen LogP contribution in [0.25, 0.3) is 0 Å². The number of ether oxygens (including phenoxy) is 1. The van der Waals surface area contributed by atoms with Crippen LogP contribution in [0, 0.1) is 6.92 Å². The van der Waals surface area contributed by atoms with Crippen molar-refractivity contribution < 1.29 is 14.3 Å². The van der Waals surface area contributed by atoms with Crippen molar-refractivity contribution in [3.63, 3.8) is 0 Å². The zero-order valence-corrected chi connectivity index (χ0v) is 12.7. The smallest absolute Gasteiger partial charge is 0.339 e. The highest BCUT2D eigenvalue weighted by atomic mass is 35.5. The zero-order chi connectivity index (χ0) is 16.3. The Hall–Kier alpha value is -2.60. The second kappa shape index (κ2) is 6.44. The van der Waals surface area contributed by atoms with Gasteiger partial charge in [-0.05, 0) is 25.1 Å². The molecule has 0 unspecified atom stereocenters. The minimum Gasteiger partial charge on any atom is -0.465 e. The molecule has 7 heteroatoms. The lowest BCUT2D eigenvalue weighted by atomic mass is 10.1. The third kappa shape index (κ3) is 3.17. The molecular weight excluding hydrogens is 308 g/mol. The number of aryl methyl sites for hydroxylation is 1. The van der Waals surface area contributed by atoms with Crippen LogP contribution in [-0.2, 0) is 4.74 Å². The zero-order valence-electron chi connectivity index (χ0n) is 11.9. The highest BCUT2D eigenvalue weighted by Gasteiger charge is 2.18. The second-order valence-corrected chi connectivity index (χ2v) is 4.88. The van der Waals surface area contributed by atoms with Crippen molar-refractivity contribution >= 4 is 29.2 Å². The summed E-state index contributed by atoms with van der Waals surface area (Å²) in [5, 5.41) is 2.87. The standard InChI is InChI=1S/C15H13ClN2O4/c1-8-9(15(21)22-2)7-10(13(19)17-8)14(20)18-12-6-4-3-5-11(12)16/h3-7H,1-2H3,(H,17,19)(H,18,20). The Morgan fingerprint density at radius 2 is 1.91 bits per heavy atom. The third-order valence-corrected chi connectivity index (χ3v) is 3.34. The van der Waals surface area contributed by atoms with Crippen molar-refractivity contribution in [1.82, 2.24) is 4.98 Å². The third-order valence-electron chi connectivity index (χ3n) is 3.01. The first-order chi connectivity index (χ1) is 10.4. The lowest BCUT2D eigenvalue weighted by Gasteiger charge is -2.09. The Morgan fingerprint density at radius 3 is 2.55 bits per heavy atom. The molecule has 22 heavy (non-hydrogen) atoms. The number of hydrogen-bond donors (Lipinski definition) is 2. The van der Waals surface area contributed by atoms with Gasteiger partial charge < -0.3 is 15.0 Å². The molecule has 2 aromatic rings. The summed E-state index contributed by atoms with van der Waals surface area (Å²) in [6.45, 7) is 1.55. The van der Waals surface area contributed by atoms with E-state index in [9.17, 15) is 14.4 Å². The van der Waals surface area contributed by atoms with E-state index in [0.29, 0.717) is 16.4 Å². The van der Waals surface area contributed by atoms with Crippen molar-refractivity contribution in [2.45, 2.75) is 6.92 Å². The number of H-pyrrole nitrogens is 1. The summed E-state index contributed by atoms with van der Waals surface area (Å²) in [5.41, 5.74) is 0.00642. The van der Waals surface area contributed by atoms with Crippen molar-refractivity contribution in [2.75, 3.05) is 12.4 Å². The first kappa shape index (κ1) is 15.8. The maximum atomic E-state index is 12.2. The lowest BCUT2D eigenvalue weighted by Crippen LogP contribution is -2.25. The van der Waals surface area contributed by atoms with Gasteiger partial charge in [0.1, 0.15) is 5.56 Å². The highest BCUT2D eigenvalue weighted by Crippen LogP contribution is 2.21. The second-order valence-electron chi connectivity index (χ2n) is 4.48. The number of methoxy groups -OCH3 is 1. The van der Waals surface area contributed by atoms with E-state index in [4.69, 9.17) is 11.6 Å². The van der Waals surface area contributed by atoms with Crippen LogP contribution in [0.3, 0.4) is 0 Å². The summed E-state index contributed by atoms with van der Waals surface area (Å²) in [4.78, 5) is 38.2. The Labute approximate surface area is 131 Å². The summed E-state index contributed by atoms with van der Waals surface area (Å²) in [5.74, 6) is -1.31. The first-order valence-corrected chi connectivity index (χ1v) is 6.70. The molecule has 0 spiro atoms. The quantitative estimate of drug-likeness (QED) is 0.850. The maximum Gasteiger partial charge on any atom is 0.339 e. The number of pyridine rings is 1. The molecule has 0 radical (unpaired) electrons. The number of anilines is 1. The van der Waals surface area contributed by atoms with E-state index in [0.717, 1.165) is 0 Å². The Bertz CT molecular complexity index is 798. The number of aromatic amines is 1. The van der Waals surface area contributed by atoms with Crippen LogP contribution >= 0.6 is 11.6 Å². The average Bonchev–Trinajstić information content (AvgIpc) is 2.48. The van der Waals surface area contributed by atoms with E-state index in [1.165, 1.54) is 13.2 Å². The minimum absolute atomic E-state index is 0.117. The molecule has 0 saturated carbocycles. The summed E-state index contributed by atoms with van der Waals surface area (Å²) in [6, 6.07) is 7.82. The van der Waals surface area contributed by atoms with Crippen LogP contribution in [0.15, 0.2) is 35.1 Å². The number of amides is 1. The molecule has 0 fully saturated rings. The largest absolute Gasteiger partial charge is 0.465 e. The van der Waals surface area contributed by atoms with E-state index >= 15 is 0 Å². The normalized spacial score (nSPS) is 10.1. The van der Waals surface area contributed by atoms with Crippen LogP contribution in [0.1, 0.15) is 26.4 Å². The fraction of sp³-hybridized carbons (Fsp3) is 0.133. The number of rotatable bonds is 3. The number of carbonyl (C=O) groups excluding carboxylic acids is 2. The fourth-order valence-corrected chi connectivity index (χ4v) is 2.05. The Balaban J connectivity index is 2.40. The first-order valence-electron chi connectivity index (χ1n) is 6.32. The number of para-hydroxylation sites is 1. The monoisotopic (exact) mass is 320 g/mol. The lowest BCUT2D eigenvalue weighted by molar-refractivity contribution is 0.0599. The molecule has 2 N–H and O–H groups in total. The molecule has 2 rings (SSSR count). The molecule has 0 aliphatic heterocycles. The van der Waals surface area contributed by atoms with Crippen molar-refractivity contribution in [3.8, 4) is 0 Å². The summed E-state index contributed by atoms with van der Waals surface area (Å²) >= 11 is 5.95. The van der Waals surface area contributed by atoms with Gasteiger partial charge in [0.05, 0.1) is 23.4 Å². The van der Waals surface area contributed by atoms with Crippen LogP contribution < -0.4 is 10.9 Å². The van der Waals surface area contributed by atoms with E-state index in [2.05, 4.69) is 15.0 Å². The van der Waals surface area contributed by atoms with Crippen molar-refractivity contribution in [1.29, 1.82) is 0 Å². The number of carbonyl (C=O) groups is 2. The topological polar surface area (TPSA) is 88.3 Å². The molecule has 1 amide bonds. The van der Waals surface area contributed by atoms with E-state index in [-0.39, 0.29) is 11.1 Å². The SMILES string of the molecule is COC(=O)c1cc(C(=O)Nc2ccccc2Cl)c(=O)[nH]c1C. The van der Waals surface area contributed by atoms with Gasteiger partial charge in [0.15, 0.2) is 0 Å². The summed E-state index contributed by atoms with van der Waals surface area (Å²) < 4.78 is 4.62. The molecule has 114 valence electrons. The van der Waals surface area contributed by atoms with Gasteiger partial charge in [0.2, 0.25) is 0 Å². The van der Waals surface area contributed by atoms with Gasteiger partial charge in [-0.2, -0.15) is 0 Å². The average molecular weight is 321 g/mol. The molecular formula is C15H13ClN2O4. The van der Waals surface area contributed by atoms with Gasteiger partial charge >= 0.3 is 5.97 Å². The van der Waals surface area contributed by atoms with E-state index in [1.54, 1.807) is 31.2 Å². The number of aromatic nitrogens is 1. The van der Waals surface area contributed by atoms with Gasteiger partial charge in [0, 0.05) is 5.69 Å². The van der Waals surface area contributed by atoms with Gasteiger partial charge in [-0.15, -0.1) is 0 Å².